The van der Waals surface area contributed by atoms with E-state index in [1.165, 1.54) is 0 Å². The van der Waals surface area contributed by atoms with Crippen LogP contribution in [0.5, 0.6) is 11.5 Å². The molecule has 0 unspecified atom stereocenters. The maximum Gasteiger partial charge on any atom is 0.306 e. The maximum atomic E-state index is 10.9. The summed E-state index contributed by atoms with van der Waals surface area (Å²) in [6.07, 6.45) is 5.29. The van der Waals surface area contributed by atoms with Crippen LogP contribution in [0.3, 0.4) is 0 Å². The van der Waals surface area contributed by atoms with Gasteiger partial charge < -0.3 is 14.6 Å². The second-order valence-corrected chi connectivity index (χ2v) is 5.66. The zero-order valence-electron chi connectivity index (χ0n) is 11.8. The molecule has 0 spiro atoms. The van der Waals surface area contributed by atoms with Gasteiger partial charge in [0.15, 0.2) is 0 Å². The van der Waals surface area contributed by atoms with Crippen LogP contribution in [0.15, 0.2) is 23.2 Å². The van der Waals surface area contributed by atoms with Crippen LogP contribution >= 0.6 is 0 Å². The first-order valence-electron chi connectivity index (χ1n) is 7.34. The molecule has 1 aliphatic heterocycles. The average molecular weight is 289 g/mol. The lowest BCUT2D eigenvalue weighted by Gasteiger charge is -2.24. The number of hydrogen-bond acceptors (Lipinski definition) is 4. The highest BCUT2D eigenvalue weighted by molar-refractivity contribution is 5.84. The van der Waals surface area contributed by atoms with Crippen LogP contribution in [0, 0.1) is 11.8 Å². The minimum Gasteiger partial charge on any atom is -0.481 e. The van der Waals surface area contributed by atoms with E-state index in [1.54, 1.807) is 0 Å². The Balaban J connectivity index is 1.53. The molecule has 2 aliphatic rings. The zero-order valence-corrected chi connectivity index (χ0v) is 11.8. The van der Waals surface area contributed by atoms with Crippen molar-refractivity contribution < 1.29 is 19.4 Å². The van der Waals surface area contributed by atoms with Crippen molar-refractivity contribution in [2.24, 2.45) is 16.8 Å². The molecule has 1 saturated carbocycles. The fourth-order valence-corrected chi connectivity index (χ4v) is 2.89. The van der Waals surface area contributed by atoms with E-state index < -0.39 is 5.97 Å². The SMILES string of the molecule is O=C(O)C1CCC(CN=Cc2ccc3cc2OCO3)CC1. The molecule has 0 saturated heterocycles. The molecule has 5 nitrogen and oxygen atoms in total. The third-order valence-corrected chi connectivity index (χ3v) is 4.22. The molecule has 112 valence electrons. The van der Waals surface area contributed by atoms with Gasteiger partial charge in [0.25, 0.3) is 0 Å². The van der Waals surface area contributed by atoms with E-state index in [9.17, 15) is 4.79 Å². The van der Waals surface area contributed by atoms with E-state index in [4.69, 9.17) is 14.6 Å². The monoisotopic (exact) mass is 289 g/mol. The Morgan fingerprint density at radius 3 is 2.86 bits per heavy atom. The summed E-state index contributed by atoms with van der Waals surface area (Å²) in [5.41, 5.74) is 0.960. The van der Waals surface area contributed by atoms with E-state index in [1.807, 2.05) is 24.4 Å². The Morgan fingerprint density at radius 2 is 2.10 bits per heavy atom. The van der Waals surface area contributed by atoms with E-state index in [0.717, 1.165) is 49.3 Å². The molecule has 5 heteroatoms. The van der Waals surface area contributed by atoms with E-state index in [0.29, 0.717) is 5.92 Å². The van der Waals surface area contributed by atoms with Gasteiger partial charge >= 0.3 is 5.97 Å². The van der Waals surface area contributed by atoms with Gasteiger partial charge in [0.1, 0.15) is 11.5 Å². The molecule has 2 bridgehead atoms. The van der Waals surface area contributed by atoms with Gasteiger partial charge in [0.2, 0.25) is 6.79 Å². The van der Waals surface area contributed by atoms with Crippen molar-refractivity contribution in [1.29, 1.82) is 0 Å². The molecular formula is C16H19NO4. The molecule has 0 radical (unpaired) electrons. The first-order chi connectivity index (χ1) is 10.2. The predicted octanol–water partition coefficient (Wildman–Crippen LogP) is 2.73. The summed E-state index contributed by atoms with van der Waals surface area (Å²) in [4.78, 5) is 15.4. The van der Waals surface area contributed by atoms with Crippen LogP contribution in [-0.2, 0) is 4.79 Å². The Hall–Kier alpha value is -2.04. The topological polar surface area (TPSA) is 68.1 Å². The van der Waals surface area contributed by atoms with Gasteiger partial charge in [-0.05, 0) is 43.7 Å². The second kappa shape index (κ2) is 6.16. The van der Waals surface area contributed by atoms with Crippen molar-refractivity contribution in [3.05, 3.63) is 23.8 Å². The van der Waals surface area contributed by atoms with Crippen LogP contribution in [-0.4, -0.2) is 30.6 Å². The van der Waals surface area contributed by atoms with Crippen molar-refractivity contribution in [1.82, 2.24) is 0 Å². The number of ether oxygens (including phenoxy) is 2. The number of hydrogen-bond donors (Lipinski definition) is 1. The molecule has 1 aromatic carbocycles. The Morgan fingerprint density at radius 1 is 1.29 bits per heavy atom. The van der Waals surface area contributed by atoms with Crippen LogP contribution in [0.1, 0.15) is 31.2 Å². The zero-order chi connectivity index (χ0) is 14.7. The highest BCUT2D eigenvalue weighted by Crippen LogP contribution is 2.30. The average Bonchev–Trinajstić information content (AvgIpc) is 2.50. The van der Waals surface area contributed by atoms with Crippen LogP contribution in [0.2, 0.25) is 0 Å². The molecule has 0 amide bonds. The number of benzene rings is 1. The van der Waals surface area contributed by atoms with Crippen LogP contribution in [0.25, 0.3) is 0 Å². The highest BCUT2D eigenvalue weighted by Gasteiger charge is 2.25. The van der Waals surface area contributed by atoms with Gasteiger partial charge in [0, 0.05) is 24.4 Å². The predicted molar refractivity (Wildman–Crippen MR) is 78.1 cm³/mol. The lowest BCUT2D eigenvalue weighted by molar-refractivity contribution is -0.143. The number of carboxylic acid groups (broad SMARTS) is 1. The van der Waals surface area contributed by atoms with Crippen LogP contribution in [0.4, 0.5) is 0 Å². The molecule has 0 aromatic heterocycles. The number of aliphatic carboxylic acids is 1. The van der Waals surface area contributed by atoms with Gasteiger partial charge in [0.05, 0.1) is 5.92 Å². The number of nitrogens with zero attached hydrogens (tertiary/aromatic N) is 1. The standard InChI is InChI=1S/C16H19NO4/c18-16(19)12-3-1-11(2-4-12)8-17-9-13-5-6-14-7-15(13)21-10-20-14/h5-7,9,11-12H,1-4,8,10H2,(H,18,19). The number of carboxylic acids is 1. The summed E-state index contributed by atoms with van der Waals surface area (Å²) < 4.78 is 10.7. The third kappa shape index (κ3) is 3.35. The highest BCUT2D eigenvalue weighted by atomic mass is 16.7. The van der Waals surface area contributed by atoms with E-state index >= 15 is 0 Å². The van der Waals surface area contributed by atoms with E-state index in [-0.39, 0.29) is 12.7 Å². The summed E-state index contributed by atoms with van der Waals surface area (Å²) in [6.45, 7) is 1.01. The van der Waals surface area contributed by atoms with Gasteiger partial charge in [-0.1, -0.05) is 0 Å². The first kappa shape index (κ1) is 13.9. The summed E-state index contributed by atoms with van der Waals surface area (Å²) in [7, 11) is 0. The maximum absolute atomic E-state index is 10.9. The lowest BCUT2D eigenvalue weighted by Crippen LogP contribution is -2.22. The summed E-state index contributed by atoms with van der Waals surface area (Å²) in [5.74, 6) is 1.31. The van der Waals surface area contributed by atoms with E-state index in [2.05, 4.69) is 4.99 Å². The van der Waals surface area contributed by atoms with Crippen molar-refractivity contribution in [3.63, 3.8) is 0 Å². The molecule has 21 heavy (non-hydrogen) atoms. The normalized spacial score (nSPS) is 24.4. The summed E-state index contributed by atoms with van der Waals surface area (Å²) in [6, 6.07) is 5.71. The molecule has 3 rings (SSSR count). The molecule has 1 heterocycles. The minimum atomic E-state index is -0.657. The molecule has 1 fully saturated rings. The smallest absolute Gasteiger partial charge is 0.306 e. The van der Waals surface area contributed by atoms with Gasteiger partial charge in [-0.2, -0.15) is 0 Å². The Labute approximate surface area is 123 Å². The molecule has 0 atom stereocenters. The lowest BCUT2D eigenvalue weighted by atomic mass is 9.82. The van der Waals surface area contributed by atoms with Crippen LogP contribution < -0.4 is 9.47 Å². The minimum absolute atomic E-state index is 0.157. The van der Waals surface area contributed by atoms with Gasteiger partial charge in [-0.3, -0.25) is 9.79 Å². The Kier molecular flexibility index (Phi) is 4.08. The fraction of sp³-hybridized carbons (Fsp3) is 0.500. The number of rotatable bonds is 4. The summed E-state index contributed by atoms with van der Waals surface area (Å²) >= 11 is 0. The quantitative estimate of drug-likeness (QED) is 0.865. The van der Waals surface area contributed by atoms with Crippen molar-refractivity contribution in [2.75, 3.05) is 13.3 Å². The van der Waals surface area contributed by atoms with Crippen molar-refractivity contribution in [3.8, 4) is 11.5 Å². The van der Waals surface area contributed by atoms with Gasteiger partial charge in [-0.15, -0.1) is 0 Å². The summed E-state index contributed by atoms with van der Waals surface area (Å²) in [5, 5.41) is 8.98. The molecule has 1 aliphatic carbocycles. The first-order valence-corrected chi connectivity index (χ1v) is 7.34. The van der Waals surface area contributed by atoms with Gasteiger partial charge in [-0.25, -0.2) is 0 Å². The van der Waals surface area contributed by atoms with Crippen molar-refractivity contribution >= 4 is 12.2 Å². The second-order valence-electron chi connectivity index (χ2n) is 5.66. The molecule has 1 aromatic rings. The molecular weight excluding hydrogens is 270 g/mol. The largest absolute Gasteiger partial charge is 0.481 e. The Bertz CT molecular complexity index is 547. The fourth-order valence-electron chi connectivity index (χ4n) is 2.89. The third-order valence-electron chi connectivity index (χ3n) is 4.22. The number of aliphatic imine (C=N–C) groups is 1. The molecule has 1 N–H and O–H groups in total. The van der Waals surface area contributed by atoms with Crippen molar-refractivity contribution in [2.45, 2.75) is 25.7 Å². The number of fused-ring (bicyclic) bond motifs is 2. The number of carbonyl (C=O) groups is 1.